The molecule has 3 rings (SSSR count). The van der Waals surface area contributed by atoms with Crippen LogP contribution in [0.2, 0.25) is 0 Å². The van der Waals surface area contributed by atoms with Crippen LogP contribution < -0.4 is 0 Å². The van der Waals surface area contributed by atoms with E-state index in [0.29, 0.717) is 9.79 Å². The number of rotatable bonds is 0. The van der Waals surface area contributed by atoms with Crippen LogP contribution in [0.15, 0.2) is 46.2 Å². The van der Waals surface area contributed by atoms with Gasteiger partial charge in [-0.25, -0.2) is 8.42 Å². The Morgan fingerprint density at radius 1 is 0.800 bits per heavy atom. The van der Waals surface area contributed by atoms with Gasteiger partial charge in [0.1, 0.15) is 0 Å². The highest BCUT2D eigenvalue weighted by atomic mass is 32.2. The molecule has 0 unspecified atom stereocenters. The lowest BCUT2D eigenvalue weighted by Gasteiger charge is -2.35. The largest absolute Gasteiger partial charge is 0.218 e. The molecule has 0 bridgehead atoms. The van der Waals surface area contributed by atoms with Gasteiger partial charge in [-0.1, -0.05) is 49.2 Å². The van der Waals surface area contributed by atoms with E-state index >= 15 is 0 Å². The van der Waals surface area contributed by atoms with Crippen LogP contribution >= 0.6 is 0 Å². The van der Waals surface area contributed by atoms with Crippen molar-refractivity contribution in [2.45, 2.75) is 42.9 Å². The first kappa shape index (κ1) is 13.4. The molecule has 0 atom stereocenters. The van der Waals surface area contributed by atoms with Gasteiger partial charge in [-0.15, -0.1) is 0 Å². The quantitative estimate of drug-likeness (QED) is 0.738. The Morgan fingerprint density at radius 2 is 1.20 bits per heavy atom. The summed E-state index contributed by atoms with van der Waals surface area (Å²) in [7, 11) is -3.41. The van der Waals surface area contributed by atoms with Crippen molar-refractivity contribution in [2.24, 2.45) is 0 Å². The summed E-state index contributed by atoms with van der Waals surface area (Å²) in [5, 5.41) is 0. The molecule has 0 aliphatic carbocycles. The summed E-state index contributed by atoms with van der Waals surface area (Å²) in [4.78, 5) is 0.897. The van der Waals surface area contributed by atoms with E-state index in [1.165, 1.54) is 0 Å². The van der Waals surface area contributed by atoms with Crippen LogP contribution in [0.3, 0.4) is 0 Å². The third-order valence-corrected chi connectivity index (χ3v) is 6.07. The number of benzene rings is 2. The van der Waals surface area contributed by atoms with Crippen molar-refractivity contribution in [1.29, 1.82) is 0 Å². The number of sulfone groups is 1. The minimum Gasteiger partial charge on any atom is -0.218 e. The van der Waals surface area contributed by atoms with E-state index in [1.807, 2.05) is 38.1 Å². The Bertz CT molecular complexity index is 753. The maximum absolute atomic E-state index is 12.8. The van der Waals surface area contributed by atoms with Crippen LogP contribution in [0.25, 0.3) is 0 Å². The predicted molar refractivity (Wildman–Crippen MR) is 79.9 cm³/mol. The van der Waals surface area contributed by atoms with E-state index in [1.54, 1.807) is 12.1 Å². The van der Waals surface area contributed by atoms with Gasteiger partial charge in [0.25, 0.3) is 0 Å². The zero-order valence-electron chi connectivity index (χ0n) is 12.2. The summed E-state index contributed by atoms with van der Waals surface area (Å²) in [6, 6.07) is 11.2. The van der Waals surface area contributed by atoms with Crippen molar-refractivity contribution in [3.8, 4) is 0 Å². The van der Waals surface area contributed by atoms with Crippen molar-refractivity contribution in [1.82, 2.24) is 0 Å². The second kappa shape index (κ2) is 3.95. The first-order chi connectivity index (χ1) is 9.24. The summed E-state index contributed by atoms with van der Waals surface area (Å²) >= 11 is 0. The van der Waals surface area contributed by atoms with Gasteiger partial charge < -0.3 is 0 Å². The number of aryl methyl sites for hydroxylation is 2. The molecule has 1 aliphatic heterocycles. The molecule has 3 heteroatoms. The fourth-order valence-electron chi connectivity index (χ4n) is 3.00. The van der Waals surface area contributed by atoms with Crippen LogP contribution in [0.4, 0.5) is 0 Å². The molecule has 2 aromatic carbocycles. The summed E-state index contributed by atoms with van der Waals surface area (Å²) in [6.45, 7) is 8.18. The Balaban J connectivity index is 2.47. The molecule has 0 spiro atoms. The maximum Gasteiger partial charge on any atom is 0.207 e. The van der Waals surface area contributed by atoms with Crippen molar-refractivity contribution < 1.29 is 8.42 Å². The van der Waals surface area contributed by atoms with E-state index in [2.05, 4.69) is 13.8 Å². The topological polar surface area (TPSA) is 34.1 Å². The second-order valence-corrected chi connectivity index (χ2v) is 8.01. The molecule has 1 heterocycles. The summed E-state index contributed by atoms with van der Waals surface area (Å²) in [5.74, 6) is 0. The van der Waals surface area contributed by atoms with E-state index in [-0.39, 0.29) is 5.41 Å². The van der Waals surface area contributed by atoms with E-state index in [9.17, 15) is 8.42 Å². The molecule has 104 valence electrons. The lowest BCUT2D eigenvalue weighted by Crippen LogP contribution is -2.30. The Kier molecular flexibility index (Phi) is 2.64. The monoisotopic (exact) mass is 286 g/mol. The zero-order valence-corrected chi connectivity index (χ0v) is 13.0. The predicted octanol–water partition coefficient (Wildman–Crippen LogP) is 3.78. The van der Waals surface area contributed by atoms with Crippen LogP contribution in [0.5, 0.6) is 0 Å². The van der Waals surface area contributed by atoms with E-state index in [4.69, 9.17) is 0 Å². The molecule has 0 saturated heterocycles. The molecular formula is C17H18O2S. The van der Waals surface area contributed by atoms with Crippen molar-refractivity contribution in [2.75, 3.05) is 0 Å². The lowest BCUT2D eigenvalue weighted by molar-refractivity contribution is 0.555. The van der Waals surface area contributed by atoms with E-state index < -0.39 is 9.84 Å². The third kappa shape index (κ3) is 1.66. The standard InChI is InChI=1S/C17H18O2S/c1-11-5-7-15-13(9-11)17(3,4)14-10-12(2)6-8-16(14)20(15,18)19/h5-10H,1-4H3. The van der Waals surface area contributed by atoms with Gasteiger partial charge in [-0.2, -0.15) is 0 Å². The minimum atomic E-state index is -3.41. The SMILES string of the molecule is Cc1ccc2c(c1)C(C)(C)c1cc(C)ccc1S2(=O)=O. The van der Waals surface area contributed by atoms with Gasteiger partial charge in [-0.05, 0) is 37.1 Å². The number of fused-ring (bicyclic) bond motifs is 2. The fraction of sp³-hybridized carbons (Fsp3) is 0.294. The van der Waals surface area contributed by atoms with Crippen molar-refractivity contribution in [3.63, 3.8) is 0 Å². The van der Waals surface area contributed by atoms with Crippen molar-refractivity contribution >= 4 is 9.84 Å². The highest BCUT2D eigenvalue weighted by Gasteiger charge is 2.40. The van der Waals surface area contributed by atoms with Crippen molar-refractivity contribution in [3.05, 3.63) is 58.7 Å². The highest BCUT2D eigenvalue weighted by molar-refractivity contribution is 7.91. The normalized spacial score (nSPS) is 18.2. The summed E-state index contributed by atoms with van der Waals surface area (Å²) in [6.07, 6.45) is 0. The van der Waals surface area contributed by atoms with Crippen LogP contribution in [0, 0.1) is 13.8 Å². The van der Waals surface area contributed by atoms with Gasteiger partial charge in [0, 0.05) is 5.41 Å². The molecule has 0 amide bonds. The molecule has 0 N–H and O–H groups in total. The van der Waals surface area contributed by atoms with Crippen LogP contribution in [0.1, 0.15) is 36.1 Å². The molecule has 20 heavy (non-hydrogen) atoms. The van der Waals surface area contributed by atoms with Gasteiger partial charge in [0.2, 0.25) is 9.84 Å². The fourth-order valence-corrected chi connectivity index (χ4v) is 4.94. The maximum atomic E-state index is 12.8. The summed E-state index contributed by atoms with van der Waals surface area (Å²) < 4.78 is 25.6. The molecule has 2 aromatic rings. The molecular weight excluding hydrogens is 268 g/mol. The summed E-state index contributed by atoms with van der Waals surface area (Å²) in [5.41, 5.74) is 3.67. The molecule has 2 nitrogen and oxygen atoms in total. The molecule has 0 fully saturated rings. The average Bonchev–Trinajstić information content (AvgIpc) is 2.36. The lowest BCUT2D eigenvalue weighted by atomic mass is 9.77. The smallest absolute Gasteiger partial charge is 0.207 e. The number of hydrogen-bond acceptors (Lipinski definition) is 2. The van der Waals surface area contributed by atoms with Gasteiger partial charge in [0.15, 0.2) is 0 Å². The Morgan fingerprint density at radius 3 is 1.60 bits per heavy atom. The highest BCUT2D eigenvalue weighted by Crippen LogP contribution is 2.45. The molecule has 0 aromatic heterocycles. The van der Waals surface area contributed by atoms with Crippen LogP contribution in [-0.2, 0) is 15.3 Å². The third-order valence-electron chi connectivity index (χ3n) is 4.20. The first-order valence-electron chi connectivity index (χ1n) is 6.72. The molecule has 0 radical (unpaired) electrons. The Labute approximate surface area is 120 Å². The zero-order chi connectivity index (χ0) is 14.7. The van der Waals surface area contributed by atoms with Gasteiger partial charge >= 0.3 is 0 Å². The van der Waals surface area contributed by atoms with Gasteiger partial charge in [-0.3, -0.25) is 0 Å². The Hall–Kier alpha value is -1.61. The molecule has 0 saturated carbocycles. The average molecular weight is 286 g/mol. The van der Waals surface area contributed by atoms with E-state index in [0.717, 1.165) is 22.3 Å². The first-order valence-corrected chi connectivity index (χ1v) is 8.20. The minimum absolute atomic E-state index is 0.298. The van der Waals surface area contributed by atoms with Crippen LogP contribution in [-0.4, -0.2) is 8.42 Å². The van der Waals surface area contributed by atoms with Gasteiger partial charge in [0.05, 0.1) is 9.79 Å². The molecule has 1 aliphatic rings. The number of hydrogen-bond donors (Lipinski definition) is 0. The second-order valence-electron chi connectivity index (χ2n) is 6.13.